The summed E-state index contributed by atoms with van der Waals surface area (Å²) in [5, 5.41) is 5.50. The van der Waals surface area contributed by atoms with E-state index in [1.165, 1.54) is 4.88 Å². The molecule has 86 valence electrons. The standard InChI is InChI=1S/C12H21NOS/c1-10(2)9-14-11(3)7-13-8-12-5-4-6-15-12/h4-6,10-11,13H,7-9H2,1-3H3. The van der Waals surface area contributed by atoms with Gasteiger partial charge < -0.3 is 10.1 Å². The van der Waals surface area contributed by atoms with Crippen molar-refractivity contribution < 1.29 is 4.74 Å². The van der Waals surface area contributed by atoms with Crippen molar-refractivity contribution in [1.82, 2.24) is 5.32 Å². The first-order valence-corrected chi connectivity index (χ1v) is 6.41. The summed E-state index contributed by atoms with van der Waals surface area (Å²) in [5.41, 5.74) is 0. The third-order valence-corrected chi connectivity index (χ3v) is 2.90. The van der Waals surface area contributed by atoms with Gasteiger partial charge in [-0.1, -0.05) is 19.9 Å². The highest BCUT2D eigenvalue weighted by molar-refractivity contribution is 7.09. The molecule has 3 heteroatoms. The van der Waals surface area contributed by atoms with E-state index in [1.54, 1.807) is 11.3 Å². The Balaban J connectivity index is 2.04. The number of ether oxygens (including phenoxy) is 1. The van der Waals surface area contributed by atoms with Crippen LogP contribution < -0.4 is 5.32 Å². The van der Waals surface area contributed by atoms with Crippen LogP contribution in [-0.4, -0.2) is 19.3 Å². The van der Waals surface area contributed by atoms with Crippen LogP contribution in [0, 0.1) is 5.92 Å². The zero-order chi connectivity index (χ0) is 11.1. The van der Waals surface area contributed by atoms with Gasteiger partial charge in [-0.2, -0.15) is 0 Å². The highest BCUT2D eigenvalue weighted by Gasteiger charge is 2.03. The molecule has 1 N–H and O–H groups in total. The molecule has 0 fully saturated rings. The third kappa shape index (κ3) is 5.92. The predicted octanol–water partition coefficient (Wildman–Crippen LogP) is 2.90. The molecule has 1 aromatic heterocycles. The summed E-state index contributed by atoms with van der Waals surface area (Å²) < 4.78 is 5.66. The van der Waals surface area contributed by atoms with Crippen molar-refractivity contribution in [2.24, 2.45) is 5.92 Å². The van der Waals surface area contributed by atoms with Gasteiger partial charge in [-0.15, -0.1) is 11.3 Å². The molecule has 0 aliphatic carbocycles. The zero-order valence-corrected chi connectivity index (χ0v) is 10.6. The van der Waals surface area contributed by atoms with Gasteiger partial charge in [-0.25, -0.2) is 0 Å². The van der Waals surface area contributed by atoms with E-state index in [4.69, 9.17) is 4.74 Å². The maximum absolute atomic E-state index is 5.66. The van der Waals surface area contributed by atoms with E-state index >= 15 is 0 Å². The molecule has 15 heavy (non-hydrogen) atoms. The largest absolute Gasteiger partial charge is 0.377 e. The minimum absolute atomic E-state index is 0.298. The predicted molar refractivity (Wildman–Crippen MR) is 66.3 cm³/mol. The van der Waals surface area contributed by atoms with Gasteiger partial charge in [0.05, 0.1) is 6.10 Å². The van der Waals surface area contributed by atoms with E-state index in [-0.39, 0.29) is 0 Å². The van der Waals surface area contributed by atoms with E-state index in [0.29, 0.717) is 12.0 Å². The Morgan fingerprint density at radius 3 is 2.80 bits per heavy atom. The molecule has 0 aromatic carbocycles. The number of hydrogen-bond acceptors (Lipinski definition) is 3. The minimum Gasteiger partial charge on any atom is -0.377 e. The highest BCUT2D eigenvalue weighted by Crippen LogP contribution is 2.07. The molecular formula is C12H21NOS. The molecule has 0 radical (unpaired) electrons. The molecule has 0 saturated carbocycles. The van der Waals surface area contributed by atoms with Crippen molar-refractivity contribution in [3.8, 4) is 0 Å². The number of hydrogen-bond donors (Lipinski definition) is 1. The second-order valence-corrected chi connectivity index (χ2v) is 5.28. The molecule has 1 rings (SSSR count). The lowest BCUT2D eigenvalue weighted by Crippen LogP contribution is -2.27. The van der Waals surface area contributed by atoms with Crippen molar-refractivity contribution in [1.29, 1.82) is 0 Å². The topological polar surface area (TPSA) is 21.3 Å². The summed E-state index contributed by atoms with van der Waals surface area (Å²) >= 11 is 1.79. The normalized spacial score (nSPS) is 13.3. The highest BCUT2D eigenvalue weighted by atomic mass is 32.1. The second-order valence-electron chi connectivity index (χ2n) is 4.25. The molecule has 0 amide bonds. The fraction of sp³-hybridized carbons (Fsp3) is 0.667. The molecule has 1 unspecified atom stereocenters. The van der Waals surface area contributed by atoms with Crippen molar-refractivity contribution in [2.45, 2.75) is 33.4 Å². The lowest BCUT2D eigenvalue weighted by Gasteiger charge is -2.15. The maximum Gasteiger partial charge on any atom is 0.0671 e. The van der Waals surface area contributed by atoms with Gasteiger partial charge in [0.2, 0.25) is 0 Å². The van der Waals surface area contributed by atoms with Crippen LogP contribution in [0.15, 0.2) is 17.5 Å². The number of nitrogens with one attached hydrogen (secondary N) is 1. The van der Waals surface area contributed by atoms with Gasteiger partial charge in [0.25, 0.3) is 0 Å². The molecule has 1 aromatic rings. The van der Waals surface area contributed by atoms with Crippen LogP contribution in [0.4, 0.5) is 0 Å². The van der Waals surface area contributed by atoms with Crippen LogP contribution in [0.2, 0.25) is 0 Å². The lowest BCUT2D eigenvalue weighted by atomic mass is 10.2. The van der Waals surface area contributed by atoms with Gasteiger partial charge in [0.1, 0.15) is 0 Å². The average Bonchev–Trinajstić information content (AvgIpc) is 2.67. The van der Waals surface area contributed by atoms with Crippen molar-refractivity contribution in [3.05, 3.63) is 22.4 Å². The second kappa shape index (κ2) is 6.99. The van der Waals surface area contributed by atoms with Gasteiger partial charge >= 0.3 is 0 Å². The van der Waals surface area contributed by atoms with Crippen LogP contribution in [0.25, 0.3) is 0 Å². The molecule has 0 spiro atoms. The van der Waals surface area contributed by atoms with E-state index in [2.05, 4.69) is 43.6 Å². The van der Waals surface area contributed by atoms with Crippen LogP contribution in [0.3, 0.4) is 0 Å². The fourth-order valence-electron chi connectivity index (χ4n) is 1.23. The van der Waals surface area contributed by atoms with E-state index in [1.807, 2.05) is 0 Å². The zero-order valence-electron chi connectivity index (χ0n) is 9.82. The number of rotatable bonds is 7. The van der Waals surface area contributed by atoms with Crippen LogP contribution >= 0.6 is 11.3 Å². The van der Waals surface area contributed by atoms with Crippen molar-refractivity contribution >= 4 is 11.3 Å². The fourth-order valence-corrected chi connectivity index (χ4v) is 1.90. The molecule has 0 saturated heterocycles. The first-order valence-electron chi connectivity index (χ1n) is 5.53. The summed E-state index contributed by atoms with van der Waals surface area (Å²) in [6.07, 6.45) is 0.298. The number of thiophene rings is 1. The molecule has 0 bridgehead atoms. The Hall–Kier alpha value is -0.380. The van der Waals surface area contributed by atoms with E-state index < -0.39 is 0 Å². The molecule has 1 heterocycles. The van der Waals surface area contributed by atoms with Gasteiger partial charge in [0.15, 0.2) is 0 Å². The van der Waals surface area contributed by atoms with Crippen LogP contribution in [0.5, 0.6) is 0 Å². The summed E-state index contributed by atoms with van der Waals surface area (Å²) in [5.74, 6) is 0.616. The molecule has 0 aliphatic heterocycles. The Labute approximate surface area is 96.7 Å². The molecule has 1 atom stereocenters. The smallest absolute Gasteiger partial charge is 0.0671 e. The quantitative estimate of drug-likeness (QED) is 0.773. The van der Waals surface area contributed by atoms with E-state index in [0.717, 1.165) is 19.7 Å². The van der Waals surface area contributed by atoms with Crippen LogP contribution in [0.1, 0.15) is 25.6 Å². The summed E-state index contributed by atoms with van der Waals surface area (Å²) in [4.78, 5) is 1.38. The summed E-state index contributed by atoms with van der Waals surface area (Å²) in [7, 11) is 0. The Morgan fingerprint density at radius 2 is 2.20 bits per heavy atom. The first kappa shape index (κ1) is 12.7. The minimum atomic E-state index is 0.298. The Morgan fingerprint density at radius 1 is 1.40 bits per heavy atom. The van der Waals surface area contributed by atoms with Gasteiger partial charge in [-0.3, -0.25) is 0 Å². The summed E-state index contributed by atoms with van der Waals surface area (Å²) in [6.45, 7) is 9.18. The first-order chi connectivity index (χ1) is 7.18. The van der Waals surface area contributed by atoms with Crippen molar-refractivity contribution in [2.75, 3.05) is 13.2 Å². The van der Waals surface area contributed by atoms with Gasteiger partial charge in [0, 0.05) is 24.6 Å². The lowest BCUT2D eigenvalue weighted by molar-refractivity contribution is 0.0476. The third-order valence-electron chi connectivity index (χ3n) is 2.03. The Kier molecular flexibility index (Phi) is 5.91. The van der Waals surface area contributed by atoms with E-state index in [9.17, 15) is 0 Å². The maximum atomic E-state index is 5.66. The average molecular weight is 227 g/mol. The molecule has 0 aliphatic rings. The Bertz CT molecular complexity index is 246. The SMILES string of the molecule is CC(C)COC(C)CNCc1cccs1. The molecular weight excluding hydrogens is 206 g/mol. The van der Waals surface area contributed by atoms with Gasteiger partial charge in [-0.05, 0) is 24.3 Å². The summed E-state index contributed by atoms with van der Waals surface area (Å²) in [6, 6.07) is 4.23. The molecule has 2 nitrogen and oxygen atoms in total. The van der Waals surface area contributed by atoms with Crippen molar-refractivity contribution in [3.63, 3.8) is 0 Å². The monoisotopic (exact) mass is 227 g/mol. The van der Waals surface area contributed by atoms with Crippen LogP contribution in [-0.2, 0) is 11.3 Å².